The number of hydrogen-bond donors (Lipinski definition) is 1. The average Bonchev–Trinajstić information content (AvgIpc) is 3.34. The van der Waals surface area contributed by atoms with Crippen molar-refractivity contribution >= 4 is 22.4 Å². The molecule has 6 nitrogen and oxygen atoms in total. The zero-order valence-electron chi connectivity index (χ0n) is 14.0. The van der Waals surface area contributed by atoms with Crippen LogP contribution in [0, 0.1) is 5.82 Å². The Morgan fingerprint density at radius 1 is 1.07 bits per heavy atom. The molecule has 4 aromatic rings. The van der Waals surface area contributed by atoms with Crippen LogP contribution in [-0.2, 0) is 6.42 Å². The van der Waals surface area contributed by atoms with Gasteiger partial charge in [-0.15, -0.1) is 16.4 Å². The molecular formula is C19H14FN5OS. The number of anilines is 1. The summed E-state index contributed by atoms with van der Waals surface area (Å²) < 4.78 is 13.0. The molecule has 2 aromatic heterocycles. The molecule has 8 heteroatoms. The summed E-state index contributed by atoms with van der Waals surface area (Å²) in [6.07, 6.45) is 3.73. The minimum Gasteiger partial charge on any atom is -0.296 e. The number of carbonyl (C=O) groups is 1. The SMILES string of the molecule is O=C(Nc1ncc(Cc2ccc(F)cc2)s1)c1cnn(-c2ccccc2)n1. The summed E-state index contributed by atoms with van der Waals surface area (Å²) in [4.78, 5) is 18.9. The number of thiazole rings is 1. The minimum absolute atomic E-state index is 0.203. The summed E-state index contributed by atoms with van der Waals surface area (Å²) in [5.74, 6) is -0.639. The van der Waals surface area contributed by atoms with Gasteiger partial charge < -0.3 is 0 Å². The van der Waals surface area contributed by atoms with Gasteiger partial charge in [0.2, 0.25) is 0 Å². The number of aromatic nitrogens is 4. The van der Waals surface area contributed by atoms with Gasteiger partial charge in [0.15, 0.2) is 10.8 Å². The molecule has 1 amide bonds. The molecule has 0 aliphatic heterocycles. The fourth-order valence-corrected chi connectivity index (χ4v) is 3.31. The number of amides is 1. The molecular weight excluding hydrogens is 365 g/mol. The van der Waals surface area contributed by atoms with E-state index < -0.39 is 0 Å². The molecule has 0 spiro atoms. The Labute approximate surface area is 158 Å². The summed E-state index contributed by atoms with van der Waals surface area (Å²) in [5, 5.41) is 11.5. The lowest BCUT2D eigenvalue weighted by Gasteiger charge is -1.99. The second-order valence-corrected chi connectivity index (χ2v) is 6.86. The van der Waals surface area contributed by atoms with E-state index in [4.69, 9.17) is 0 Å². The van der Waals surface area contributed by atoms with Crippen molar-refractivity contribution in [1.29, 1.82) is 0 Å². The molecule has 4 rings (SSSR count). The molecule has 0 aliphatic carbocycles. The number of carbonyl (C=O) groups excluding carboxylic acids is 1. The highest BCUT2D eigenvalue weighted by Gasteiger charge is 2.14. The van der Waals surface area contributed by atoms with Crippen molar-refractivity contribution < 1.29 is 9.18 Å². The Hall–Kier alpha value is -3.39. The third-order valence-electron chi connectivity index (χ3n) is 3.78. The topological polar surface area (TPSA) is 72.7 Å². The van der Waals surface area contributed by atoms with E-state index in [1.165, 1.54) is 34.5 Å². The van der Waals surface area contributed by atoms with Gasteiger partial charge in [0.05, 0.1) is 11.9 Å². The maximum atomic E-state index is 13.0. The number of halogens is 1. The lowest BCUT2D eigenvalue weighted by Crippen LogP contribution is -2.12. The van der Waals surface area contributed by atoms with Gasteiger partial charge in [0.25, 0.3) is 5.91 Å². The highest BCUT2D eigenvalue weighted by Crippen LogP contribution is 2.21. The van der Waals surface area contributed by atoms with Crippen LogP contribution >= 0.6 is 11.3 Å². The number of nitrogens with one attached hydrogen (secondary N) is 1. The molecule has 2 aromatic carbocycles. The second-order valence-electron chi connectivity index (χ2n) is 5.74. The lowest BCUT2D eigenvalue weighted by atomic mass is 10.1. The first kappa shape index (κ1) is 17.0. The standard InChI is InChI=1S/C19H14FN5OS/c20-14-8-6-13(7-9-14)10-16-11-21-19(27-16)23-18(26)17-12-22-25(24-17)15-4-2-1-3-5-15/h1-9,11-12H,10H2,(H,21,23,26). The summed E-state index contributed by atoms with van der Waals surface area (Å²) in [6.45, 7) is 0. The third kappa shape index (κ3) is 4.06. The Kier molecular flexibility index (Phi) is 4.71. The molecule has 0 unspecified atom stereocenters. The molecule has 0 aliphatic rings. The molecule has 0 atom stereocenters. The van der Waals surface area contributed by atoms with Crippen LogP contribution < -0.4 is 5.32 Å². The highest BCUT2D eigenvalue weighted by molar-refractivity contribution is 7.15. The van der Waals surface area contributed by atoms with Gasteiger partial charge in [-0.25, -0.2) is 9.37 Å². The molecule has 0 bridgehead atoms. The molecule has 134 valence electrons. The van der Waals surface area contributed by atoms with Crippen LogP contribution in [0.4, 0.5) is 9.52 Å². The molecule has 2 heterocycles. The van der Waals surface area contributed by atoms with Crippen molar-refractivity contribution in [3.8, 4) is 5.69 Å². The first-order valence-corrected chi connectivity index (χ1v) is 8.97. The smallest absolute Gasteiger partial charge is 0.279 e. The largest absolute Gasteiger partial charge is 0.296 e. The van der Waals surface area contributed by atoms with E-state index in [2.05, 4.69) is 20.5 Å². The molecule has 1 N–H and O–H groups in total. The maximum absolute atomic E-state index is 13.0. The highest BCUT2D eigenvalue weighted by atomic mass is 32.1. The zero-order chi connectivity index (χ0) is 18.6. The molecule has 0 saturated carbocycles. The molecule has 0 saturated heterocycles. The van der Waals surface area contributed by atoms with E-state index in [1.807, 2.05) is 30.3 Å². The first-order chi connectivity index (χ1) is 13.2. The van der Waals surface area contributed by atoms with Gasteiger partial charge in [0, 0.05) is 17.5 Å². The van der Waals surface area contributed by atoms with E-state index in [-0.39, 0.29) is 17.4 Å². The number of nitrogens with zero attached hydrogens (tertiary/aromatic N) is 4. The Balaban J connectivity index is 1.42. The third-order valence-corrected chi connectivity index (χ3v) is 4.69. The normalized spacial score (nSPS) is 10.7. The van der Waals surface area contributed by atoms with E-state index >= 15 is 0 Å². The summed E-state index contributed by atoms with van der Waals surface area (Å²) in [6, 6.07) is 15.7. The molecule has 27 heavy (non-hydrogen) atoms. The average molecular weight is 379 g/mol. The van der Waals surface area contributed by atoms with E-state index in [9.17, 15) is 9.18 Å². The van der Waals surface area contributed by atoms with Crippen molar-refractivity contribution in [1.82, 2.24) is 20.0 Å². The van der Waals surface area contributed by atoms with Gasteiger partial charge >= 0.3 is 0 Å². The maximum Gasteiger partial charge on any atom is 0.279 e. The number of para-hydroxylation sites is 1. The van der Waals surface area contributed by atoms with Crippen LogP contribution in [0.1, 0.15) is 20.9 Å². The van der Waals surface area contributed by atoms with Gasteiger partial charge in [-0.1, -0.05) is 30.3 Å². The zero-order valence-corrected chi connectivity index (χ0v) is 14.9. The van der Waals surface area contributed by atoms with Crippen molar-refractivity contribution in [3.63, 3.8) is 0 Å². The van der Waals surface area contributed by atoms with Crippen LogP contribution in [-0.4, -0.2) is 25.9 Å². The van der Waals surface area contributed by atoms with Crippen molar-refractivity contribution in [2.45, 2.75) is 6.42 Å². The van der Waals surface area contributed by atoms with Crippen LogP contribution in [0.5, 0.6) is 0 Å². The van der Waals surface area contributed by atoms with Crippen LogP contribution in [0.25, 0.3) is 5.69 Å². The van der Waals surface area contributed by atoms with Crippen LogP contribution in [0.3, 0.4) is 0 Å². The van der Waals surface area contributed by atoms with E-state index in [1.54, 1.807) is 18.3 Å². The second kappa shape index (κ2) is 7.46. The van der Waals surface area contributed by atoms with Crippen molar-refractivity contribution in [2.24, 2.45) is 0 Å². The number of benzene rings is 2. The van der Waals surface area contributed by atoms with Gasteiger partial charge in [0.1, 0.15) is 5.82 Å². The predicted molar refractivity (Wildman–Crippen MR) is 101 cm³/mol. The van der Waals surface area contributed by atoms with E-state index in [0.29, 0.717) is 11.6 Å². The number of hydrogen-bond acceptors (Lipinski definition) is 5. The minimum atomic E-state index is -0.375. The summed E-state index contributed by atoms with van der Waals surface area (Å²) >= 11 is 1.37. The first-order valence-electron chi connectivity index (χ1n) is 8.16. The van der Waals surface area contributed by atoms with Gasteiger partial charge in [-0.2, -0.15) is 9.90 Å². The Bertz CT molecular complexity index is 1060. The van der Waals surface area contributed by atoms with Gasteiger partial charge in [-0.05, 0) is 29.8 Å². The van der Waals surface area contributed by atoms with Crippen molar-refractivity contribution in [2.75, 3.05) is 5.32 Å². The van der Waals surface area contributed by atoms with Crippen LogP contribution in [0.15, 0.2) is 67.0 Å². The number of rotatable bonds is 5. The van der Waals surface area contributed by atoms with E-state index in [0.717, 1.165) is 16.1 Å². The predicted octanol–water partition coefficient (Wildman–Crippen LogP) is 3.71. The van der Waals surface area contributed by atoms with Crippen LogP contribution in [0.2, 0.25) is 0 Å². The molecule has 0 radical (unpaired) electrons. The quantitative estimate of drug-likeness (QED) is 0.574. The van der Waals surface area contributed by atoms with Crippen molar-refractivity contribution in [3.05, 3.63) is 88.9 Å². The fraction of sp³-hybridized carbons (Fsp3) is 0.0526. The van der Waals surface area contributed by atoms with Gasteiger partial charge in [-0.3, -0.25) is 10.1 Å². The fourth-order valence-electron chi connectivity index (χ4n) is 2.46. The molecule has 0 fully saturated rings. The monoisotopic (exact) mass is 379 g/mol. The lowest BCUT2D eigenvalue weighted by molar-refractivity contribution is 0.102. The Morgan fingerprint density at radius 3 is 2.63 bits per heavy atom. The summed E-state index contributed by atoms with van der Waals surface area (Å²) in [7, 11) is 0. The summed E-state index contributed by atoms with van der Waals surface area (Å²) in [5.41, 5.74) is 1.95. The Morgan fingerprint density at radius 2 is 1.85 bits per heavy atom.